The first-order valence-electron chi connectivity index (χ1n) is 6.04. The van der Waals surface area contributed by atoms with Crippen molar-refractivity contribution in [2.45, 2.75) is 6.54 Å². The lowest BCUT2D eigenvalue weighted by Gasteiger charge is -2.02. The van der Waals surface area contributed by atoms with E-state index in [2.05, 4.69) is 11.9 Å². The van der Waals surface area contributed by atoms with Gasteiger partial charge in [0.15, 0.2) is 5.76 Å². The molecular formula is C15H15NO3. The van der Waals surface area contributed by atoms with Gasteiger partial charge in [-0.25, -0.2) is 0 Å². The summed E-state index contributed by atoms with van der Waals surface area (Å²) in [5.41, 5.74) is 1.01. The van der Waals surface area contributed by atoms with Crippen LogP contribution in [0.1, 0.15) is 16.1 Å². The van der Waals surface area contributed by atoms with Crippen LogP contribution in [0.25, 0.3) is 11.3 Å². The fourth-order valence-electron chi connectivity index (χ4n) is 1.76. The Hall–Kier alpha value is -2.33. The van der Waals surface area contributed by atoms with Gasteiger partial charge in [-0.05, 0) is 23.8 Å². The van der Waals surface area contributed by atoms with E-state index in [1.165, 1.54) is 12.1 Å². The van der Waals surface area contributed by atoms with E-state index >= 15 is 0 Å². The lowest BCUT2D eigenvalue weighted by atomic mass is 10.1. The lowest BCUT2D eigenvalue weighted by molar-refractivity contribution is -0.663. The van der Waals surface area contributed by atoms with Gasteiger partial charge in [-0.2, -0.15) is 0 Å². The van der Waals surface area contributed by atoms with Gasteiger partial charge in [-0.15, -0.1) is 0 Å². The van der Waals surface area contributed by atoms with Gasteiger partial charge in [0, 0.05) is 5.56 Å². The van der Waals surface area contributed by atoms with E-state index in [-0.39, 0.29) is 5.56 Å². The number of carboxylic acid groups (broad SMARTS) is 1. The topological polar surface area (TPSA) is 69.9 Å². The number of carboxylic acids is 1. The molecule has 0 spiro atoms. The molecule has 1 heterocycles. The molecule has 2 rings (SSSR count). The molecule has 4 heteroatoms. The SMILES string of the molecule is C=CC[NH2+]Cc1ccc(-c2ccc(C(=O)[O-])cc2)o1. The molecule has 0 amide bonds. The quantitative estimate of drug-likeness (QED) is 0.607. The molecule has 0 atom stereocenters. The summed E-state index contributed by atoms with van der Waals surface area (Å²) in [6, 6.07) is 10.2. The summed E-state index contributed by atoms with van der Waals surface area (Å²) in [5.74, 6) is 0.429. The summed E-state index contributed by atoms with van der Waals surface area (Å²) in [6.07, 6.45) is 1.84. The molecule has 0 bridgehead atoms. The Kier molecular flexibility index (Phi) is 4.15. The highest BCUT2D eigenvalue weighted by Gasteiger charge is 2.06. The van der Waals surface area contributed by atoms with E-state index in [1.54, 1.807) is 12.1 Å². The maximum absolute atomic E-state index is 10.7. The summed E-state index contributed by atoms with van der Waals surface area (Å²) in [5, 5.41) is 12.7. The molecule has 0 saturated carbocycles. The second kappa shape index (κ2) is 6.02. The third-order valence-electron chi connectivity index (χ3n) is 2.75. The Labute approximate surface area is 111 Å². The first kappa shape index (κ1) is 13.1. The van der Waals surface area contributed by atoms with Crippen molar-refractivity contribution in [3.05, 3.63) is 60.4 Å². The number of carbonyl (C=O) groups excluding carboxylic acids is 1. The zero-order valence-electron chi connectivity index (χ0n) is 10.5. The molecule has 0 aliphatic rings. The Morgan fingerprint density at radius 1 is 1.26 bits per heavy atom. The van der Waals surface area contributed by atoms with Crippen LogP contribution in [0.3, 0.4) is 0 Å². The van der Waals surface area contributed by atoms with E-state index in [1.807, 2.05) is 18.2 Å². The van der Waals surface area contributed by atoms with Crippen molar-refractivity contribution >= 4 is 5.97 Å². The van der Waals surface area contributed by atoms with Crippen molar-refractivity contribution in [3.63, 3.8) is 0 Å². The molecule has 4 nitrogen and oxygen atoms in total. The average molecular weight is 257 g/mol. The highest BCUT2D eigenvalue weighted by Crippen LogP contribution is 2.22. The first-order valence-corrected chi connectivity index (χ1v) is 6.04. The van der Waals surface area contributed by atoms with Crippen LogP contribution in [0.5, 0.6) is 0 Å². The Morgan fingerprint density at radius 3 is 2.63 bits per heavy atom. The minimum atomic E-state index is -1.18. The molecule has 0 aliphatic carbocycles. The van der Waals surface area contributed by atoms with Crippen molar-refractivity contribution < 1.29 is 19.6 Å². The van der Waals surface area contributed by atoms with Gasteiger partial charge in [0.05, 0.1) is 12.5 Å². The number of benzene rings is 1. The van der Waals surface area contributed by atoms with Gasteiger partial charge in [0.1, 0.15) is 12.3 Å². The Morgan fingerprint density at radius 2 is 2.00 bits per heavy atom. The largest absolute Gasteiger partial charge is 0.545 e. The van der Waals surface area contributed by atoms with Crippen molar-refractivity contribution in [1.82, 2.24) is 0 Å². The number of rotatable bonds is 6. The summed E-state index contributed by atoms with van der Waals surface area (Å²) in [6.45, 7) is 5.25. The van der Waals surface area contributed by atoms with Gasteiger partial charge >= 0.3 is 0 Å². The lowest BCUT2D eigenvalue weighted by Crippen LogP contribution is -2.82. The van der Waals surface area contributed by atoms with Crippen LogP contribution in [0.4, 0.5) is 0 Å². The fourth-order valence-corrected chi connectivity index (χ4v) is 1.76. The maximum atomic E-state index is 10.7. The number of quaternary nitrogens is 1. The van der Waals surface area contributed by atoms with Gasteiger partial charge < -0.3 is 19.6 Å². The fraction of sp³-hybridized carbons (Fsp3) is 0.133. The number of hydrogen-bond acceptors (Lipinski definition) is 3. The zero-order valence-corrected chi connectivity index (χ0v) is 10.5. The average Bonchev–Trinajstić information content (AvgIpc) is 2.88. The zero-order chi connectivity index (χ0) is 13.7. The number of aromatic carboxylic acids is 1. The molecule has 0 radical (unpaired) electrons. The monoisotopic (exact) mass is 257 g/mol. The molecule has 0 saturated heterocycles. The van der Waals surface area contributed by atoms with E-state index in [9.17, 15) is 9.90 Å². The summed E-state index contributed by atoms with van der Waals surface area (Å²) in [4.78, 5) is 10.7. The minimum Gasteiger partial charge on any atom is -0.545 e. The molecule has 0 fully saturated rings. The predicted molar refractivity (Wildman–Crippen MR) is 69.2 cm³/mol. The van der Waals surface area contributed by atoms with Crippen LogP contribution in [0.15, 0.2) is 53.5 Å². The van der Waals surface area contributed by atoms with Crippen molar-refractivity contribution in [2.24, 2.45) is 0 Å². The molecule has 19 heavy (non-hydrogen) atoms. The van der Waals surface area contributed by atoms with Crippen molar-refractivity contribution in [1.29, 1.82) is 0 Å². The van der Waals surface area contributed by atoms with Crippen LogP contribution >= 0.6 is 0 Å². The third kappa shape index (κ3) is 3.33. The third-order valence-corrected chi connectivity index (χ3v) is 2.75. The molecule has 1 aromatic carbocycles. The van der Waals surface area contributed by atoms with Crippen LogP contribution in [-0.4, -0.2) is 12.5 Å². The van der Waals surface area contributed by atoms with Crippen LogP contribution < -0.4 is 10.4 Å². The second-order valence-corrected chi connectivity index (χ2v) is 4.15. The van der Waals surface area contributed by atoms with Crippen molar-refractivity contribution in [3.8, 4) is 11.3 Å². The van der Waals surface area contributed by atoms with Crippen LogP contribution in [-0.2, 0) is 6.54 Å². The molecule has 0 aliphatic heterocycles. The standard InChI is InChI=1S/C15H15NO3/c1-2-9-16-10-13-7-8-14(19-13)11-3-5-12(6-4-11)15(17)18/h2-8,16H,1,9-10H2,(H,17,18). The summed E-state index contributed by atoms with van der Waals surface area (Å²) >= 11 is 0. The van der Waals surface area contributed by atoms with E-state index in [0.717, 1.165) is 30.2 Å². The number of hydrogen-bond donors (Lipinski definition) is 1. The molecular weight excluding hydrogens is 242 g/mol. The van der Waals surface area contributed by atoms with Gasteiger partial charge in [-0.1, -0.05) is 30.8 Å². The Bertz CT molecular complexity index is 569. The highest BCUT2D eigenvalue weighted by molar-refractivity contribution is 5.86. The maximum Gasteiger partial charge on any atom is 0.158 e. The first-order chi connectivity index (χ1) is 9.20. The van der Waals surface area contributed by atoms with E-state index < -0.39 is 5.97 Å². The normalized spacial score (nSPS) is 10.3. The molecule has 1 aromatic heterocycles. The highest BCUT2D eigenvalue weighted by atomic mass is 16.4. The van der Waals surface area contributed by atoms with Crippen LogP contribution in [0.2, 0.25) is 0 Å². The molecule has 2 aromatic rings. The minimum absolute atomic E-state index is 0.162. The molecule has 0 unspecified atom stereocenters. The summed E-state index contributed by atoms with van der Waals surface area (Å²) < 4.78 is 5.69. The molecule has 2 N–H and O–H groups in total. The Balaban J connectivity index is 2.09. The van der Waals surface area contributed by atoms with Gasteiger partial charge in [-0.3, -0.25) is 0 Å². The van der Waals surface area contributed by atoms with Gasteiger partial charge in [0.25, 0.3) is 0 Å². The smallest absolute Gasteiger partial charge is 0.158 e. The number of nitrogens with two attached hydrogens (primary N) is 1. The predicted octanol–water partition coefficient (Wildman–Crippen LogP) is 0.559. The summed E-state index contributed by atoms with van der Waals surface area (Å²) in [7, 11) is 0. The van der Waals surface area contributed by atoms with Crippen molar-refractivity contribution in [2.75, 3.05) is 6.54 Å². The molecule has 98 valence electrons. The number of carbonyl (C=O) groups is 1. The second-order valence-electron chi connectivity index (χ2n) is 4.15. The van der Waals surface area contributed by atoms with E-state index in [0.29, 0.717) is 0 Å². The van der Waals surface area contributed by atoms with Gasteiger partial charge in [0.2, 0.25) is 0 Å². The number of furan rings is 1. The van der Waals surface area contributed by atoms with E-state index in [4.69, 9.17) is 4.42 Å². The van der Waals surface area contributed by atoms with Crippen LogP contribution in [0, 0.1) is 0 Å².